The number of piperidine rings is 1. The molecule has 1 aliphatic heterocycles. The quantitative estimate of drug-likeness (QED) is 0.802. The molecule has 0 spiro atoms. The van der Waals surface area contributed by atoms with Crippen LogP contribution >= 0.6 is 0 Å². The van der Waals surface area contributed by atoms with E-state index in [0.29, 0.717) is 19.0 Å². The number of likely N-dealkylation sites (tertiary alicyclic amines) is 1. The molecule has 0 amide bonds. The van der Waals surface area contributed by atoms with E-state index >= 15 is 0 Å². The van der Waals surface area contributed by atoms with Gasteiger partial charge in [-0.1, -0.05) is 0 Å². The molecule has 1 saturated heterocycles. The second-order valence-corrected chi connectivity index (χ2v) is 6.06. The van der Waals surface area contributed by atoms with Crippen LogP contribution in [0.3, 0.4) is 0 Å². The Morgan fingerprint density at radius 2 is 2.23 bits per heavy atom. The molecule has 0 bridgehead atoms. The van der Waals surface area contributed by atoms with Crippen molar-refractivity contribution in [3.05, 3.63) is 17.0 Å². The average Bonchev–Trinajstić information content (AvgIpc) is 2.80. The smallest absolute Gasteiger partial charge is 0.307 e. The van der Waals surface area contributed by atoms with Crippen molar-refractivity contribution >= 4 is 5.97 Å². The summed E-state index contributed by atoms with van der Waals surface area (Å²) >= 11 is 0. The van der Waals surface area contributed by atoms with Gasteiger partial charge >= 0.3 is 5.97 Å². The number of ether oxygens (including phenoxy) is 1. The maximum absolute atomic E-state index is 11.3. The van der Waals surface area contributed by atoms with Crippen molar-refractivity contribution in [2.24, 2.45) is 0 Å². The molecule has 1 unspecified atom stereocenters. The van der Waals surface area contributed by atoms with Gasteiger partial charge < -0.3 is 10.1 Å². The number of hydrogen-bond acceptors (Lipinski definition) is 5. The summed E-state index contributed by atoms with van der Waals surface area (Å²) in [6.45, 7) is 7.89. The third-order valence-electron chi connectivity index (χ3n) is 4.58. The van der Waals surface area contributed by atoms with Crippen LogP contribution in [0, 0.1) is 13.8 Å². The molecule has 2 rings (SSSR count). The van der Waals surface area contributed by atoms with Crippen LogP contribution in [0.4, 0.5) is 0 Å². The van der Waals surface area contributed by atoms with Crippen LogP contribution in [0.1, 0.15) is 36.2 Å². The molecule has 1 fully saturated rings. The van der Waals surface area contributed by atoms with Crippen LogP contribution in [0.5, 0.6) is 0 Å². The van der Waals surface area contributed by atoms with Crippen LogP contribution in [0.25, 0.3) is 0 Å². The molecule has 1 N–H and O–H groups in total. The van der Waals surface area contributed by atoms with Gasteiger partial charge in [-0.05, 0) is 40.3 Å². The van der Waals surface area contributed by atoms with E-state index in [-0.39, 0.29) is 5.97 Å². The SMILES string of the molecule is CNC1CCCN(Cc2c(C)nn(CCC(=O)OC)c2C)C1. The highest BCUT2D eigenvalue weighted by molar-refractivity contribution is 5.68. The van der Waals surface area contributed by atoms with Crippen molar-refractivity contribution in [1.82, 2.24) is 20.0 Å². The normalized spacial score (nSPS) is 19.4. The Balaban J connectivity index is 2.01. The number of nitrogens with one attached hydrogen (secondary N) is 1. The highest BCUT2D eigenvalue weighted by Crippen LogP contribution is 2.19. The number of aromatic nitrogens is 2. The number of aryl methyl sites for hydroxylation is 2. The molecule has 1 aliphatic rings. The minimum atomic E-state index is -0.193. The third kappa shape index (κ3) is 4.08. The first-order valence-electron chi connectivity index (χ1n) is 8.04. The number of esters is 1. The van der Waals surface area contributed by atoms with Gasteiger partial charge in [0.25, 0.3) is 0 Å². The molecule has 0 radical (unpaired) electrons. The lowest BCUT2D eigenvalue weighted by Crippen LogP contribution is -2.44. The average molecular weight is 308 g/mol. The minimum absolute atomic E-state index is 0.193. The number of rotatable bonds is 6. The fourth-order valence-electron chi connectivity index (χ4n) is 3.14. The number of methoxy groups -OCH3 is 1. The molecular weight excluding hydrogens is 280 g/mol. The van der Waals surface area contributed by atoms with Crippen molar-refractivity contribution < 1.29 is 9.53 Å². The molecule has 0 aromatic carbocycles. The zero-order valence-corrected chi connectivity index (χ0v) is 14.2. The Kier molecular flexibility index (Phi) is 5.97. The first kappa shape index (κ1) is 17.0. The number of carbonyl (C=O) groups excluding carboxylic acids is 1. The van der Waals surface area contributed by atoms with E-state index in [1.165, 1.54) is 25.5 Å². The number of carbonyl (C=O) groups is 1. The molecule has 0 aliphatic carbocycles. The second kappa shape index (κ2) is 7.74. The molecule has 2 heterocycles. The number of nitrogens with zero attached hydrogens (tertiary/aromatic N) is 3. The minimum Gasteiger partial charge on any atom is -0.469 e. The molecule has 1 aromatic rings. The Hall–Kier alpha value is -1.40. The standard InChI is InChI=1S/C16H28N4O2/c1-12-15(11-19-8-5-6-14(10-19)17-3)13(2)20(18-12)9-7-16(21)22-4/h14,17H,5-11H2,1-4H3. The van der Waals surface area contributed by atoms with Gasteiger partial charge in [0, 0.05) is 30.4 Å². The molecule has 6 heteroatoms. The summed E-state index contributed by atoms with van der Waals surface area (Å²) in [4.78, 5) is 13.8. The van der Waals surface area contributed by atoms with Gasteiger partial charge in [0.1, 0.15) is 0 Å². The summed E-state index contributed by atoms with van der Waals surface area (Å²) in [6, 6.07) is 0.587. The zero-order valence-electron chi connectivity index (χ0n) is 14.2. The third-order valence-corrected chi connectivity index (χ3v) is 4.58. The Morgan fingerprint density at radius 3 is 2.91 bits per heavy atom. The highest BCUT2D eigenvalue weighted by atomic mass is 16.5. The van der Waals surface area contributed by atoms with Crippen LogP contribution in [-0.4, -0.2) is 53.9 Å². The summed E-state index contributed by atoms with van der Waals surface area (Å²) in [5.74, 6) is -0.193. The summed E-state index contributed by atoms with van der Waals surface area (Å²) in [5.41, 5.74) is 3.52. The Morgan fingerprint density at radius 1 is 1.45 bits per heavy atom. The molecule has 0 saturated carbocycles. The van der Waals surface area contributed by atoms with Crippen LogP contribution in [-0.2, 0) is 22.6 Å². The lowest BCUT2D eigenvalue weighted by atomic mass is 10.0. The van der Waals surface area contributed by atoms with E-state index in [2.05, 4.69) is 29.2 Å². The maximum atomic E-state index is 11.3. The first-order valence-corrected chi connectivity index (χ1v) is 8.04. The van der Waals surface area contributed by atoms with E-state index in [9.17, 15) is 4.79 Å². The highest BCUT2D eigenvalue weighted by Gasteiger charge is 2.21. The number of hydrogen-bond donors (Lipinski definition) is 1. The largest absolute Gasteiger partial charge is 0.469 e. The molecule has 6 nitrogen and oxygen atoms in total. The first-order chi connectivity index (χ1) is 10.5. The topological polar surface area (TPSA) is 59.4 Å². The van der Waals surface area contributed by atoms with Gasteiger partial charge in [0.15, 0.2) is 0 Å². The number of likely N-dealkylation sites (N-methyl/N-ethyl adjacent to an activating group) is 1. The molecule has 124 valence electrons. The summed E-state index contributed by atoms with van der Waals surface area (Å²) < 4.78 is 6.63. The molecule has 22 heavy (non-hydrogen) atoms. The van der Waals surface area contributed by atoms with Gasteiger partial charge in [0.2, 0.25) is 0 Å². The van der Waals surface area contributed by atoms with E-state index in [0.717, 1.165) is 31.0 Å². The lowest BCUT2D eigenvalue weighted by molar-refractivity contribution is -0.140. The van der Waals surface area contributed by atoms with Crippen molar-refractivity contribution in [2.45, 2.75) is 52.2 Å². The summed E-state index contributed by atoms with van der Waals surface area (Å²) in [5, 5.41) is 7.97. The van der Waals surface area contributed by atoms with E-state index in [4.69, 9.17) is 4.74 Å². The predicted octanol–water partition coefficient (Wildman–Crippen LogP) is 1.25. The Bertz CT molecular complexity index is 512. The fraction of sp³-hybridized carbons (Fsp3) is 0.750. The molecule has 1 atom stereocenters. The predicted molar refractivity (Wildman–Crippen MR) is 85.7 cm³/mol. The second-order valence-electron chi connectivity index (χ2n) is 6.06. The summed E-state index contributed by atoms with van der Waals surface area (Å²) in [6.07, 6.45) is 2.85. The van der Waals surface area contributed by atoms with Crippen LogP contribution < -0.4 is 5.32 Å². The zero-order chi connectivity index (χ0) is 16.1. The maximum Gasteiger partial charge on any atom is 0.307 e. The van der Waals surface area contributed by atoms with E-state index in [1.54, 1.807) is 0 Å². The molecular formula is C16H28N4O2. The van der Waals surface area contributed by atoms with Crippen molar-refractivity contribution in [3.63, 3.8) is 0 Å². The molecule has 1 aromatic heterocycles. The van der Waals surface area contributed by atoms with Crippen molar-refractivity contribution in [3.8, 4) is 0 Å². The van der Waals surface area contributed by atoms with E-state index < -0.39 is 0 Å². The van der Waals surface area contributed by atoms with Crippen molar-refractivity contribution in [1.29, 1.82) is 0 Å². The van der Waals surface area contributed by atoms with Gasteiger partial charge in [-0.15, -0.1) is 0 Å². The van der Waals surface area contributed by atoms with Crippen molar-refractivity contribution in [2.75, 3.05) is 27.2 Å². The van der Waals surface area contributed by atoms with Gasteiger partial charge in [-0.25, -0.2) is 0 Å². The van der Waals surface area contributed by atoms with Crippen LogP contribution in [0.15, 0.2) is 0 Å². The fourth-order valence-corrected chi connectivity index (χ4v) is 3.14. The van der Waals surface area contributed by atoms with Gasteiger partial charge in [-0.2, -0.15) is 5.10 Å². The monoisotopic (exact) mass is 308 g/mol. The van der Waals surface area contributed by atoms with Gasteiger partial charge in [0.05, 0.1) is 25.8 Å². The van der Waals surface area contributed by atoms with Crippen LogP contribution in [0.2, 0.25) is 0 Å². The lowest BCUT2D eigenvalue weighted by Gasteiger charge is -2.32. The Labute approximate surface area is 132 Å². The van der Waals surface area contributed by atoms with Gasteiger partial charge in [-0.3, -0.25) is 14.4 Å². The summed E-state index contributed by atoms with van der Waals surface area (Å²) in [7, 11) is 3.46. The van der Waals surface area contributed by atoms with E-state index in [1.807, 2.05) is 11.7 Å².